The molecule has 0 spiro atoms. The van der Waals surface area contributed by atoms with Gasteiger partial charge in [0.2, 0.25) is 0 Å². The van der Waals surface area contributed by atoms with Crippen LogP contribution in [0.4, 0.5) is 0 Å². The smallest absolute Gasteiger partial charge is 0.336 e. The lowest BCUT2D eigenvalue weighted by molar-refractivity contribution is 0.0693. The van der Waals surface area contributed by atoms with Crippen molar-refractivity contribution in [2.75, 3.05) is 32.1 Å². The summed E-state index contributed by atoms with van der Waals surface area (Å²) in [5.74, 6) is -0.205. The summed E-state index contributed by atoms with van der Waals surface area (Å²) in [6, 6.07) is 23.5. The van der Waals surface area contributed by atoms with Crippen LogP contribution in [0.1, 0.15) is 34.5 Å². The third-order valence-electron chi connectivity index (χ3n) is 5.30. The number of rotatable bonds is 13. The van der Waals surface area contributed by atoms with Gasteiger partial charge in [-0.1, -0.05) is 60.7 Å². The van der Waals surface area contributed by atoms with E-state index in [1.54, 1.807) is 6.07 Å². The van der Waals surface area contributed by atoms with E-state index in [-0.39, 0.29) is 12.4 Å². The number of aromatic carboxylic acids is 1. The summed E-state index contributed by atoms with van der Waals surface area (Å²) < 4.78 is 5.37. The van der Waals surface area contributed by atoms with Crippen LogP contribution in [0.2, 0.25) is 0 Å². The van der Waals surface area contributed by atoms with Crippen LogP contribution in [0.5, 0.6) is 0 Å². The maximum atomic E-state index is 11.6. The van der Waals surface area contributed by atoms with Crippen molar-refractivity contribution in [3.63, 3.8) is 0 Å². The third-order valence-corrected chi connectivity index (χ3v) is 6.32. The average molecular weight is 502 g/mol. The van der Waals surface area contributed by atoms with E-state index >= 15 is 0 Å². The molecule has 0 radical (unpaired) electrons. The number of halogens is 1. The summed E-state index contributed by atoms with van der Waals surface area (Å²) in [5, 5.41) is 23.0. The van der Waals surface area contributed by atoms with Crippen LogP contribution in [-0.4, -0.2) is 48.2 Å². The van der Waals surface area contributed by atoms with Crippen molar-refractivity contribution in [3.8, 4) is 11.1 Å². The van der Waals surface area contributed by atoms with Crippen LogP contribution in [0, 0.1) is 0 Å². The first-order chi connectivity index (χ1) is 16.1. The van der Waals surface area contributed by atoms with Crippen molar-refractivity contribution in [3.05, 3.63) is 89.5 Å². The van der Waals surface area contributed by atoms with Crippen molar-refractivity contribution in [1.82, 2.24) is 5.32 Å². The van der Waals surface area contributed by atoms with Crippen LogP contribution in [0.25, 0.3) is 11.1 Å². The monoisotopic (exact) mass is 501 g/mol. The molecule has 1 atom stereocenters. The van der Waals surface area contributed by atoms with E-state index < -0.39 is 12.1 Å². The van der Waals surface area contributed by atoms with Gasteiger partial charge in [0.15, 0.2) is 0 Å². The van der Waals surface area contributed by atoms with E-state index in [1.807, 2.05) is 49.4 Å². The van der Waals surface area contributed by atoms with E-state index in [0.717, 1.165) is 34.6 Å². The summed E-state index contributed by atoms with van der Waals surface area (Å²) in [6.45, 7) is 4.48. The average Bonchev–Trinajstić information content (AvgIpc) is 2.85. The number of aliphatic hydroxyl groups is 1. The van der Waals surface area contributed by atoms with Crippen molar-refractivity contribution in [1.29, 1.82) is 0 Å². The first-order valence-corrected chi connectivity index (χ1v) is 12.2. The number of ether oxygens (including phenoxy) is 1. The van der Waals surface area contributed by atoms with Gasteiger partial charge in [0.05, 0.1) is 18.3 Å². The second-order valence-corrected chi connectivity index (χ2v) is 8.78. The van der Waals surface area contributed by atoms with Gasteiger partial charge in [-0.05, 0) is 54.3 Å². The predicted molar refractivity (Wildman–Crippen MR) is 141 cm³/mol. The summed E-state index contributed by atoms with van der Waals surface area (Å²) in [7, 11) is 0. The molecule has 7 heteroatoms. The number of thioether (sulfide) groups is 1. The highest BCUT2D eigenvalue weighted by Crippen LogP contribution is 2.29. The number of carboxylic acid groups (broad SMARTS) is 1. The first kappa shape index (κ1) is 27.9. The van der Waals surface area contributed by atoms with Crippen molar-refractivity contribution in [2.45, 2.75) is 24.3 Å². The standard InChI is InChI=1S/C27H31NO4S.ClH/c1-2-32-16-17-33-26-18-23(12-13-24(26)27(30)31)21-10-8-20(9-11-21)14-15-28-19-25(29)22-6-4-3-5-7-22;/h3-13,18,25,28-29H,2,14-17,19H2,1H3,(H,30,31);1H/t25-;/m0./s1. The second-order valence-electron chi connectivity index (χ2n) is 7.64. The van der Waals surface area contributed by atoms with Crippen LogP contribution < -0.4 is 5.32 Å². The molecule has 0 saturated carbocycles. The van der Waals surface area contributed by atoms with E-state index in [4.69, 9.17) is 4.74 Å². The molecule has 0 saturated heterocycles. The van der Waals surface area contributed by atoms with Crippen LogP contribution in [0.15, 0.2) is 77.7 Å². The molecule has 3 N–H and O–H groups in total. The Balaban J connectivity index is 0.00000408. The molecule has 0 heterocycles. The van der Waals surface area contributed by atoms with E-state index in [1.165, 1.54) is 17.3 Å². The van der Waals surface area contributed by atoms with Gasteiger partial charge >= 0.3 is 5.97 Å². The maximum Gasteiger partial charge on any atom is 0.336 e. The molecule has 0 bridgehead atoms. The molecule has 34 heavy (non-hydrogen) atoms. The molecule has 0 aliphatic heterocycles. The lowest BCUT2D eigenvalue weighted by Crippen LogP contribution is -2.23. The van der Waals surface area contributed by atoms with E-state index in [2.05, 4.69) is 29.6 Å². The Morgan fingerprint density at radius 2 is 1.74 bits per heavy atom. The number of nitrogens with one attached hydrogen (secondary N) is 1. The molecule has 0 aliphatic carbocycles. The van der Waals surface area contributed by atoms with Gasteiger partial charge in [0, 0.05) is 23.8 Å². The zero-order chi connectivity index (χ0) is 23.5. The first-order valence-electron chi connectivity index (χ1n) is 11.2. The lowest BCUT2D eigenvalue weighted by atomic mass is 10.0. The number of benzene rings is 3. The quantitative estimate of drug-likeness (QED) is 0.213. The van der Waals surface area contributed by atoms with Crippen LogP contribution in [0.3, 0.4) is 0 Å². The van der Waals surface area contributed by atoms with Gasteiger partial charge in [0.1, 0.15) is 0 Å². The highest BCUT2D eigenvalue weighted by molar-refractivity contribution is 7.99. The topological polar surface area (TPSA) is 78.8 Å². The zero-order valence-corrected chi connectivity index (χ0v) is 20.9. The summed E-state index contributed by atoms with van der Waals surface area (Å²) in [5.41, 5.74) is 4.48. The molecule has 0 fully saturated rings. The predicted octanol–water partition coefficient (Wildman–Crippen LogP) is 5.47. The van der Waals surface area contributed by atoms with Crippen molar-refractivity contribution in [2.24, 2.45) is 0 Å². The molecule has 3 aromatic carbocycles. The Morgan fingerprint density at radius 3 is 2.41 bits per heavy atom. The highest BCUT2D eigenvalue weighted by Gasteiger charge is 2.12. The summed E-state index contributed by atoms with van der Waals surface area (Å²) in [4.78, 5) is 12.3. The Hall–Kier alpha value is -2.35. The van der Waals surface area contributed by atoms with Gasteiger partial charge in [-0.2, -0.15) is 0 Å². The largest absolute Gasteiger partial charge is 0.478 e. The fourth-order valence-corrected chi connectivity index (χ4v) is 4.42. The molecule has 0 unspecified atom stereocenters. The number of hydrogen-bond donors (Lipinski definition) is 3. The van der Waals surface area contributed by atoms with Crippen LogP contribution in [-0.2, 0) is 11.2 Å². The minimum absolute atomic E-state index is 0. The Kier molecular flexibility index (Phi) is 12.2. The van der Waals surface area contributed by atoms with Crippen molar-refractivity contribution >= 4 is 30.1 Å². The van der Waals surface area contributed by atoms with Crippen molar-refractivity contribution < 1.29 is 19.7 Å². The molecular formula is C27H32ClNO4S. The minimum atomic E-state index is -0.916. The Morgan fingerprint density at radius 1 is 1.03 bits per heavy atom. The molecule has 182 valence electrons. The molecular weight excluding hydrogens is 470 g/mol. The van der Waals surface area contributed by atoms with E-state index in [9.17, 15) is 15.0 Å². The highest BCUT2D eigenvalue weighted by atomic mass is 35.5. The van der Waals surface area contributed by atoms with Gasteiger partial charge in [-0.15, -0.1) is 24.2 Å². The number of carbonyl (C=O) groups is 1. The summed E-state index contributed by atoms with van der Waals surface area (Å²) in [6.07, 6.45) is 0.348. The molecule has 0 amide bonds. The van der Waals surface area contributed by atoms with Gasteiger partial charge < -0.3 is 20.3 Å². The SMILES string of the molecule is CCOCCSc1cc(-c2ccc(CCNC[C@H](O)c3ccccc3)cc2)ccc1C(=O)O.Cl. The lowest BCUT2D eigenvalue weighted by Gasteiger charge is -2.12. The summed E-state index contributed by atoms with van der Waals surface area (Å²) >= 11 is 1.51. The number of aliphatic hydroxyl groups excluding tert-OH is 1. The fourth-order valence-electron chi connectivity index (χ4n) is 3.48. The molecule has 5 nitrogen and oxygen atoms in total. The maximum absolute atomic E-state index is 11.6. The number of carboxylic acids is 1. The molecule has 3 aromatic rings. The van der Waals surface area contributed by atoms with E-state index in [0.29, 0.717) is 31.1 Å². The Labute approximate surface area is 212 Å². The second kappa shape index (κ2) is 14.8. The molecule has 0 aliphatic rings. The zero-order valence-electron chi connectivity index (χ0n) is 19.3. The van der Waals surface area contributed by atoms with Gasteiger partial charge in [-0.25, -0.2) is 4.79 Å². The van der Waals surface area contributed by atoms with Gasteiger partial charge in [-0.3, -0.25) is 0 Å². The normalized spacial score (nSPS) is 11.6. The van der Waals surface area contributed by atoms with Gasteiger partial charge in [0.25, 0.3) is 0 Å². The van der Waals surface area contributed by atoms with Crippen LogP contribution >= 0.6 is 24.2 Å². The fraction of sp³-hybridized carbons (Fsp3) is 0.296. The molecule has 3 rings (SSSR count). The molecule has 0 aromatic heterocycles. The minimum Gasteiger partial charge on any atom is -0.478 e. The Bertz CT molecular complexity index is 1010. The number of hydrogen-bond acceptors (Lipinski definition) is 5. The third kappa shape index (κ3) is 8.46.